The number of hydrogen-bond acceptors (Lipinski definition) is 4. The van der Waals surface area contributed by atoms with Crippen molar-refractivity contribution >= 4 is 16.9 Å². The van der Waals surface area contributed by atoms with E-state index in [-0.39, 0.29) is 25.3 Å². The second kappa shape index (κ2) is 11.1. The molecule has 1 aromatic heterocycles. The van der Waals surface area contributed by atoms with E-state index in [1.54, 1.807) is 40.7 Å². The van der Waals surface area contributed by atoms with Crippen LogP contribution in [-0.2, 0) is 17.5 Å². The van der Waals surface area contributed by atoms with E-state index in [2.05, 4.69) is 4.98 Å². The standard InChI is InChI=1S/C28H29F4N3O3S/c1-27(2,3)39(38)35-15-20-14-22(26(37)33-16-28(30,31)32)34-25(24(20)23(35)10-11-36)19-8-4-6-17(12-19)18-7-5-9-21(29)13-18/h4-9,12-14,23,36H,10-11,15-16H2,1-3H3,(H,33,37)/t23-,39?/m1/s1. The van der Waals surface area contributed by atoms with E-state index < -0.39 is 46.2 Å². The smallest absolute Gasteiger partial charge is 0.396 e. The molecule has 0 fully saturated rings. The molecule has 2 N–H and O–H groups in total. The number of aromatic nitrogens is 1. The number of aliphatic hydroxyl groups is 1. The number of hydrogen-bond donors (Lipinski definition) is 2. The van der Waals surface area contributed by atoms with Crippen LogP contribution in [0.15, 0.2) is 54.6 Å². The molecule has 11 heteroatoms. The molecule has 0 saturated heterocycles. The number of rotatable bonds is 7. The van der Waals surface area contributed by atoms with Crippen LogP contribution in [0.3, 0.4) is 0 Å². The normalized spacial score (nSPS) is 16.7. The monoisotopic (exact) mass is 563 g/mol. The Kier molecular flexibility index (Phi) is 8.25. The van der Waals surface area contributed by atoms with Crippen molar-refractivity contribution in [1.82, 2.24) is 14.6 Å². The van der Waals surface area contributed by atoms with Gasteiger partial charge in [0.2, 0.25) is 0 Å². The number of benzene rings is 2. The first-order valence-corrected chi connectivity index (χ1v) is 13.4. The molecule has 1 aliphatic rings. The average molecular weight is 564 g/mol. The van der Waals surface area contributed by atoms with Crippen molar-refractivity contribution in [2.24, 2.45) is 0 Å². The molecule has 2 heterocycles. The number of carbonyl (C=O) groups excluding carboxylic acids is 1. The van der Waals surface area contributed by atoms with E-state index in [9.17, 15) is 31.7 Å². The summed E-state index contributed by atoms with van der Waals surface area (Å²) < 4.78 is 66.8. The number of aliphatic hydroxyl groups excluding tert-OH is 1. The highest BCUT2D eigenvalue weighted by atomic mass is 32.2. The summed E-state index contributed by atoms with van der Waals surface area (Å²) >= 11 is 0. The lowest BCUT2D eigenvalue weighted by molar-refractivity contribution is -0.123. The van der Waals surface area contributed by atoms with Gasteiger partial charge < -0.3 is 10.4 Å². The Morgan fingerprint density at radius 2 is 1.72 bits per heavy atom. The molecule has 6 nitrogen and oxygen atoms in total. The second-order valence-corrected chi connectivity index (χ2v) is 12.5. The van der Waals surface area contributed by atoms with Crippen molar-refractivity contribution in [2.45, 2.75) is 50.7 Å². The van der Waals surface area contributed by atoms with Crippen LogP contribution in [0.2, 0.25) is 0 Å². The SMILES string of the molecule is CC(C)(C)S(=O)N1Cc2cc(C(=O)NCC(F)(F)F)nc(-c3cccc(-c4cccc(F)c4)c3)c2[C@H]1CCO. The molecule has 39 heavy (non-hydrogen) atoms. The van der Waals surface area contributed by atoms with Crippen LogP contribution < -0.4 is 5.32 Å². The van der Waals surface area contributed by atoms with Crippen molar-refractivity contribution in [2.75, 3.05) is 13.2 Å². The molecule has 0 aliphatic carbocycles. The number of amides is 1. The number of carbonyl (C=O) groups is 1. The first kappa shape index (κ1) is 28.8. The second-order valence-electron chi connectivity index (χ2n) is 10.3. The summed E-state index contributed by atoms with van der Waals surface area (Å²) in [5.41, 5.74) is 3.17. The highest BCUT2D eigenvalue weighted by Crippen LogP contribution is 2.44. The van der Waals surface area contributed by atoms with Crippen molar-refractivity contribution in [3.63, 3.8) is 0 Å². The fourth-order valence-corrected chi connectivity index (χ4v) is 5.99. The minimum atomic E-state index is -4.60. The van der Waals surface area contributed by atoms with Gasteiger partial charge in [0.05, 0.1) is 16.5 Å². The maximum Gasteiger partial charge on any atom is 0.405 e. The number of pyridine rings is 1. The van der Waals surface area contributed by atoms with E-state index in [4.69, 9.17) is 0 Å². The molecule has 0 spiro atoms. The van der Waals surface area contributed by atoms with Gasteiger partial charge in [-0.05, 0) is 68.1 Å². The Balaban J connectivity index is 1.87. The maximum atomic E-state index is 13.9. The van der Waals surface area contributed by atoms with Gasteiger partial charge in [-0.1, -0.05) is 30.3 Å². The Bertz CT molecular complexity index is 1410. The Morgan fingerprint density at radius 3 is 2.33 bits per heavy atom. The van der Waals surface area contributed by atoms with Gasteiger partial charge in [-0.2, -0.15) is 13.2 Å². The number of halogens is 4. The van der Waals surface area contributed by atoms with E-state index in [1.165, 1.54) is 18.2 Å². The summed E-state index contributed by atoms with van der Waals surface area (Å²) in [5.74, 6) is -1.41. The largest absolute Gasteiger partial charge is 0.405 e. The Labute approximate surface area is 226 Å². The molecule has 0 radical (unpaired) electrons. The molecule has 4 rings (SSSR count). The zero-order valence-electron chi connectivity index (χ0n) is 21.7. The highest BCUT2D eigenvalue weighted by Gasteiger charge is 2.40. The molecule has 1 aliphatic heterocycles. The van der Waals surface area contributed by atoms with Crippen LogP contribution in [0.5, 0.6) is 0 Å². The highest BCUT2D eigenvalue weighted by molar-refractivity contribution is 7.84. The third kappa shape index (κ3) is 6.54. The molecule has 2 atom stereocenters. The number of nitrogens with one attached hydrogen (secondary N) is 1. The minimum Gasteiger partial charge on any atom is -0.396 e. The fourth-order valence-electron chi connectivity index (χ4n) is 4.59. The number of fused-ring (bicyclic) bond motifs is 1. The van der Waals surface area contributed by atoms with E-state index in [0.29, 0.717) is 33.5 Å². The van der Waals surface area contributed by atoms with Gasteiger partial charge in [0, 0.05) is 24.3 Å². The molecule has 1 amide bonds. The number of nitrogens with zero attached hydrogens (tertiary/aromatic N) is 2. The Hall–Kier alpha value is -3.15. The van der Waals surface area contributed by atoms with Crippen LogP contribution in [0.25, 0.3) is 22.4 Å². The van der Waals surface area contributed by atoms with Crippen LogP contribution in [0.1, 0.15) is 54.8 Å². The average Bonchev–Trinajstić information content (AvgIpc) is 3.23. The minimum absolute atomic E-state index is 0.155. The lowest BCUT2D eigenvalue weighted by atomic mass is 9.94. The molecule has 208 valence electrons. The lowest BCUT2D eigenvalue weighted by Crippen LogP contribution is -2.36. The molecular formula is C28H29F4N3O3S. The zero-order chi connectivity index (χ0) is 28.5. The van der Waals surface area contributed by atoms with E-state index in [0.717, 1.165) is 0 Å². The number of alkyl halides is 3. The summed E-state index contributed by atoms with van der Waals surface area (Å²) in [7, 11) is -1.50. The first-order valence-electron chi connectivity index (χ1n) is 12.3. The summed E-state index contributed by atoms with van der Waals surface area (Å²) in [4.78, 5) is 17.2. The molecule has 3 aromatic rings. The van der Waals surface area contributed by atoms with Crippen molar-refractivity contribution in [3.05, 3.63) is 77.2 Å². The zero-order valence-corrected chi connectivity index (χ0v) is 22.5. The molecule has 0 saturated carbocycles. The van der Waals surface area contributed by atoms with Gasteiger partial charge in [-0.15, -0.1) is 0 Å². The Morgan fingerprint density at radius 1 is 1.08 bits per heavy atom. The van der Waals surface area contributed by atoms with Gasteiger partial charge in [-0.3, -0.25) is 4.79 Å². The fraction of sp³-hybridized carbons (Fsp3) is 0.357. The molecule has 1 unspecified atom stereocenters. The third-order valence-electron chi connectivity index (χ3n) is 6.27. The van der Waals surface area contributed by atoms with Crippen molar-refractivity contribution < 1.29 is 31.7 Å². The summed E-state index contributed by atoms with van der Waals surface area (Å²) in [6, 6.07) is 13.9. The van der Waals surface area contributed by atoms with Crippen LogP contribution in [-0.4, -0.2) is 48.6 Å². The first-order chi connectivity index (χ1) is 18.3. The topological polar surface area (TPSA) is 82.5 Å². The van der Waals surface area contributed by atoms with Crippen molar-refractivity contribution in [3.8, 4) is 22.4 Å². The summed E-state index contributed by atoms with van der Waals surface area (Å²) in [6.45, 7) is 3.89. The van der Waals surface area contributed by atoms with Gasteiger partial charge in [-0.25, -0.2) is 17.9 Å². The van der Waals surface area contributed by atoms with Gasteiger partial charge in [0.1, 0.15) is 29.0 Å². The van der Waals surface area contributed by atoms with Crippen LogP contribution >= 0.6 is 0 Å². The molecule has 0 bridgehead atoms. The van der Waals surface area contributed by atoms with E-state index in [1.807, 2.05) is 26.1 Å². The third-order valence-corrected chi connectivity index (χ3v) is 8.12. The quantitative estimate of drug-likeness (QED) is 0.370. The van der Waals surface area contributed by atoms with Gasteiger partial charge in [0.25, 0.3) is 5.91 Å². The lowest BCUT2D eigenvalue weighted by Gasteiger charge is -2.30. The van der Waals surface area contributed by atoms with Crippen molar-refractivity contribution in [1.29, 1.82) is 0 Å². The molecular weight excluding hydrogens is 534 g/mol. The van der Waals surface area contributed by atoms with Gasteiger partial charge >= 0.3 is 6.18 Å². The van der Waals surface area contributed by atoms with E-state index >= 15 is 0 Å². The predicted molar refractivity (Wildman–Crippen MR) is 141 cm³/mol. The van der Waals surface area contributed by atoms with Gasteiger partial charge in [0.15, 0.2) is 0 Å². The maximum absolute atomic E-state index is 13.9. The predicted octanol–water partition coefficient (Wildman–Crippen LogP) is 5.55. The van der Waals surface area contributed by atoms with Crippen LogP contribution in [0.4, 0.5) is 17.6 Å². The summed E-state index contributed by atoms with van der Waals surface area (Å²) in [5, 5.41) is 11.7. The van der Waals surface area contributed by atoms with Crippen LogP contribution in [0, 0.1) is 5.82 Å². The summed E-state index contributed by atoms with van der Waals surface area (Å²) in [6.07, 6.45) is -4.37. The molecule has 2 aromatic carbocycles.